The topological polar surface area (TPSA) is 66.4 Å². The monoisotopic (exact) mass is 440 g/mol. The molecule has 0 saturated carbocycles. The van der Waals surface area contributed by atoms with Gasteiger partial charge in [0.1, 0.15) is 0 Å². The molecule has 0 bridgehead atoms. The molecule has 0 unspecified atom stereocenters. The number of fused-ring (bicyclic) bond motifs is 1. The van der Waals surface area contributed by atoms with E-state index in [9.17, 15) is 9.59 Å². The molecule has 3 aromatic rings. The number of carbonyl (C=O) groups excluding carboxylic acids is 2. The van der Waals surface area contributed by atoms with E-state index in [1.54, 1.807) is 60.9 Å². The number of amides is 2. The predicted molar refractivity (Wildman–Crippen MR) is 114 cm³/mol. The first kappa shape index (κ1) is 20.5. The molecule has 0 fully saturated rings. The zero-order chi connectivity index (χ0) is 21.1. The average Bonchev–Trinajstić information content (AvgIpc) is 2.97. The summed E-state index contributed by atoms with van der Waals surface area (Å²) in [5, 5.41) is 1.20. The van der Waals surface area contributed by atoms with Crippen LogP contribution < -0.4 is 0 Å². The van der Waals surface area contributed by atoms with Crippen LogP contribution in [0.4, 0.5) is 0 Å². The highest BCUT2D eigenvalue weighted by molar-refractivity contribution is 6.30. The van der Waals surface area contributed by atoms with Gasteiger partial charge < -0.3 is 0 Å². The quantitative estimate of drug-likeness (QED) is 0.517. The van der Waals surface area contributed by atoms with Gasteiger partial charge in [-0.1, -0.05) is 35.3 Å². The Bertz CT molecular complexity index is 1020. The number of nitrogens with zero attached hydrogens (tertiary/aromatic N) is 4. The second kappa shape index (κ2) is 8.92. The van der Waals surface area contributed by atoms with Crippen LogP contribution in [0.25, 0.3) is 0 Å². The SMILES string of the molecule is O=C1c2ccccc2C(=O)N1CCN(Cc1cc(Cl)ccn1)Cc1cc(Cl)ccn1. The molecular formula is C22H18Cl2N4O2. The largest absolute Gasteiger partial charge is 0.290 e. The minimum Gasteiger partial charge on any atom is -0.290 e. The molecule has 3 heterocycles. The average molecular weight is 441 g/mol. The molecule has 8 heteroatoms. The van der Waals surface area contributed by atoms with E-state index in [0.717, 1.165) is 11.4 Å². The fourth-order valence-electron chi connectivity index (χ4n) is 3.43. The summed E-state index contributed by atoms with van der Waals surface area (Å²) in [7, 11) is 0. The van der Waals surface area contributed by atoms with Crippen molar-refractivity contribution in [2.75, 3.05) is 13.1 Å². The number of carbonyl (C=O) groups is 2. The molecule has 1 aromatic carbocycles. The molecule has 0 N–H and O–H groups in total. The molecular weight excluding hydrogens is 423 g/mol. The molecule has 2 amide bonds. The molecule has 0 spiro atoms. The molecule has 152 valence electrons. The summed E-state index contributed by atoms with van der Waals surface area (Å²) in [6, 6.07) is 13.9. The number of halogens is 2. The first-order chi connectivity index (χ1) is 14.5. The lowest BCUT2D eigenvalue weighted by Gasteiger charge is -2.24. The smallest absolute Gasteiger partial charge is 0.261 e. The van der Waals surface area contributed by atoms with E-state index in [1.165, 1.54) is 4.90 Å². The number of pyridine rings is 2. The van der Waals surface area contributed by atoms with Crippen LogP contribution in [-0.2, 0) is 13.1 Å². The number of hydrogen-bond donors (Lipinski definition) is 0. The highest BCUT2D eigenvalue weighted by Crippen LogP contribution is 2.22. The molecule has 2 aromatic heterocycles. The van der Waals surface area contributed by atoms with Gasteiger partial charge in [-0.05, 0) is 36.4 Å². The zero-order valence-electron chi connectivity index (χ0n) is 16.0. The summed E-state index contributed by atoms with van der Waals surface area (Å²) in [6.07, 6.45) is 3.30. The van der Waals surface area contributed by atoms with E-state index in [1.807, 2.05) is 0 Å². The van der Waals surface area contributed by atoms with Gasteiger partial charge in [-0.2, -0.15) is 0 Å². The lowest BCUT2D eigenvalue weighted by atomic mass is 10.1. The normalized spacial score (nSPS) is 13.2. The predicted octanol–water partition coefficient (Wildman–Crippen LogP) is 4.08. The Balaban J connectivity index is 1.51. The van der Waals surface area contributed by atoms with E-state index < -0.39 is 0 Å². The fraction of sp³-hybridized carbons (Fsp3) is 0.182. The van der Waals surface area contributed by atoms with Gasteiger partial charge in [0.2, 0.25) is 0 Å². The standard InChI is InChI=1S/C22H18Cl2N4O2/c23-15-5-7-25-17(11-15)13-27(14-18-12-16(24)6-8-26-18)9-10-28-21(29)19-3-1-2-4-20(19)22(28)30/h1-8,11-12H,9-10,13-14H2. The minimum atomic E-state index is -0.266. The molecule has 1 aliphatic heterocycles. The van der Waals surface area contributed by atoms with Crippen LogP contribution in [0.5, 0.6) is 0 Å². The molecule has 6 nitrogen and oxygen atoms in total. The van der Waals surface area contributed by atoms with Crippen molar-refractivity contribution in [3.63, 3.8) is 0 Å². The van der Waals surface area contributed by atoms with Crippen molar-refractivity contribution >= 4 is 35.0 Å². The first-order valence-electron chi connectivity index (χ1n) is 9.40. The van der Waals surface area contributed by atoms with Gasteiger partial charge in [0.15, 0.2) is 0 Å². The minimum absolute atomic E-state index is 0.257. The third kappa shape index (κ3) is 4.51. The van der Waals surface area contributed by atoms with Gasteiger partial charge in [0, 0.05) is 48.6 Å². The lowest BCUT2D eigenvalue weighted by Crippen LogP contribution is -2.38. The van der Waals surface area contributed by atoms with Gasteiger partial charge in [-0.15, -0.1) is 0 Å². The molecule has 0 radical (unpaired) electrons. The van der Waals surface area contributed by atoms with E-state index in [-0.39, 0.29) is 18.4 Å². The van der Waals surface area contributed by atoms with Crippen molar-refractivity contribution in [3.05, 3.63) is 93.5 Å². The van der Waals surface area contributed by atoms with Gasteiger partial charge in [-0.3, -0.25) is 29.4 Å². The molecule has 30 heavy (non-hydrogen) atoms. The summed E-state index contributed by atoms with van der Waals surface area (Å²) in [5.74, 6) is -0.533. The maximum Gasteiger partial charge on any atom is 0.261 e. The van der Waals surface area contributed by atoms with Crippen molar-refractivity contribution in [2.45, 2.75) is 13.1 Å². The number of imide groups is 1. The van der Waals surface area contributed by atoms with Crippen molar-refractivity contribution < 1.29 is 9.59 Å². The van der Waals surface area contributed by atoms with Crippen molar-refractivity contribution in [1.29, 1.82) is 0 Å². The Labute approximate surface area is 184 Å². The van der Waals surface area contributed by atoms with Crippen LogP contribution in [0.1, 0.15) is 32.1 Å². The molecule has 0 saturated heterocycles. The van der Waals surface area contributed by atoms with E-state index >= 15 is 0 Å². The number of hydrogen-bond acceptors (Lipinski definition) is 5. The summed E-state index contributed by atoms with van der Waals surface area (Å²) < 4.78 is 0. The number of aromatic nitrogens is 2. The maximum atomic E-state index is 12.7. The molecule has 0 aliphatic carbocycles. The highest BCUT2D eigenvalue weighted by atomic mass is 35.5. The second-order valence-electron chi connectivity index (χ2n) is 6.95. The van der Waals surface area contributed by atoms with Crippen molar-refractivity contribution in [1.82, 2.24) is 19.8 Å². The van der Waals surface area contributed by atoms with Crippen LogP contribution in [0.3, 0.4) is 0 Å². The van der Waals surface area contributed by atoms with Crippen LogP contribution in [0.15, 0.2) is 60.9 Å². The van der Waals surface area contributed by atoms with Crippen LogP contribution >= 0.6 is 23.2 Å². The number of rotatable bonds is 7. The Morgan fingerprint density at radius 1 is 0.800 bits per heavy atom. The van der Waals surface area contributed by atoms with Gasteiger partial charge >= 0.3 is 0 Å². The van der Waals surface area contributed by atoms with Gasteiger partial charge in [-0.25, -0.2) is 0 Å². The van der Waals surface area contributed by atoms with Crippen molar-refractivity contribution in [2.24, 2.45) is 0 Å². The summed E-state index contributed by atoms with van der Waals surface area (Å²) >= 11 is 12.2. The third-order valence-corrected chi connectivity index (χ3v) is 5.32. The van der Waals surface area contributed by atoms with E-state index in [4.69, 9.17) is 23.2 Å². The summed E-state index contributed by atoms with van der Waals surface area (Å²) in [6.45, 7) is 1.68. The van der Waals surface area contributed by atoms with E-state index in [2.05, 4.69) is 14.9 Å². The number of benzene rings is 1. The molecule has 0 atom stereocenters. The zero-order valence-corrected chi connectivity index (χ0v) is 17.5. The highest BCUT2D eigenvalue weighted by Gasteiger charge is 2.34. The van der Waals surface area contributed by atoms with Crippen LogP contribution in [-0.4, -0.2) is 44.7 Å². The Morgan fingerprint density at radius 3 is 1.77 bits per heavy atom. The Kier molecular flexibility index (Phi) is 6.08. The third-order valence-electron chi connectivity index (χ3n) is 4.85. The van der Waals surface area contributed by atoms with E-state index in [0.29, 0.717) is 40.8 Å². The van der Waals surface area contributed by atoms with Gasteiger partial charge in [0.25, 0.3) is 11.8 Å². The first-order valence-corrected chi connectivity index (χ1v) is 10.2. The van der Waals surface area contributed by atoms with Gasteiger partial charge in [0.05, 0.1) is 22.5 Å². The Morgan fingerprint density at radius 2 is 1.30 bits per heavy atom. The lowest BCUT2D eigenvalue weighted by molar-refractivity contribution is 0.0632. The summed E-state index contributed by atoms with van der Waals surface area (Å²) in [4.78, 5) is 37.4. The second-order valence-corrected chi connectivity index (χ2v) is 7.82. The maximum absolute atomic E-state index is 12.7. The Hall–Kier alpha value is -2.80. The molecule has 1 aliphatic rings. The van der Waals surface area contributed by atoms with Crippen LogP contribution in [0.2, 0.25) is 10.0 Å². The van der Waals surface area contributed by atoms with Crippen LogP contribution in [0, 0.1) is 0 Å². The van der Waals surface area contributed by atoms with Crippen molar-refractivity contribution in [3.8, 4) is 0 Å². The summed E-state index contributed by atoms with van der Waals surface area (Å²) in [5.41, 5.74) is 2.46. The fourth-order valence-corrected chi connectivity index (χ4v) is 3.79. The molecule has 4 rings (SSSR count).